The predicted octanol–water partition coefficient (Wildman–Crippen LogP) is 1.10. The molecule has 11 heavy (non-hydrogen) atoms. The Balaban J connectivity index is 2.24. The van der Waals surface area contributed by atoms with Crippen LogP contribution in [0.15, 0.2) is 0 Å². The lowest BCUT2D eigenvalue weighted by molar-refractivity contribution is -0.0931. The van der Waals surface area contributed by atoms with Gasteiger partial charge in [0.2, 0.25) is 0 Å². The van der Waals surface area contributed by atoms with E-state index in [0.29, 0.717) is 5.41 Å². The minimum Gasteiger partial charge on any atom is -0.388 e. The van der Waals surface area contributed by atoms with Crippen molar-refractivity contribution in [3.63, 3.8) is 0 Å². The summed E-state index contributed by atoms with van der Waals surface area (Å²) in [4.78, 5) is 2.29. The third-order valence-electron chi connectivity index (χ3n) is 1.83. The number of likely N-dealkylation sites (tertiary alicyclic amines) is 1. The first-order chi connectivity index (χ1) is 4.79. The molecule has 0 aliphatic carbocycles. The smallest absolute Gasteiger partial charge is 0.0872 e. The van der Waals surface area contributed by atoms with E-state index in [0.717, 1.165) is 19.6 Å². The first kappa shape index (κ1) is 9.01. The number of β-amino-alcohol motifs (C(OH)–C–C–N with tert-alkyl or cyclic N) is 1. The van der Waals surface area contributed by atoms with Gasteiger partial charge < -0.3 is 5.11 Å². The van der Waals surface area contributed by atoms with E-state index in [1.54, 1.807) is 0 Å². The van der Waals surface area contributed by atoms with Gasteiger partial charge in [-0.1, -0.05) is 20.8 Å². The van der Waals surface area contributed by atoms with Crippen molar-refractivity contribution in [1.82, 2.24) is 4.90 Å². The SMILES string of the molecule is CC(C)(C)CN1CC(C)(O)C1. The van der Waals surface area contributed by atoms with Gasteiger partial charge in [-0.3, -0.25) is 4.90 Å². The monoisotopic (exact) mass is 157 g/mol. The van der Waals surface area contributed by atoms with Crippen LogP contribution in [0.5, 0.6) is 0 Å². The molecular weight excluding hydrogens is 138 g/mol. The number of nitrogens with zero attached hydrogens (tertiary/aromatic N) is 1. The zero-order valence-corrected chi connectivity index (χ0v) is 8.02. The summed E-state index contributed by atoms with van der Waals surface area (Å²) in [5, 5.41) is 9.44. The topological polar surface area (TPSA) is 23.5 Å². The van der Waals surface area contributed by atoms with Crippen LogP contribution in [0, 0.1) is 5.41 Å². The Bertz CT molecular complexity index is 138. The van der Waals surface area contributed by atoms with E-state index in [4.69, 9.17) is 0 Å². The molecule has 1 aliphatic heterocycles. The molecule has 66 valence electrons. The third kappa shape index (κ3) is 2.80. The summed E-state index contributed by atoms with van der Waals surface area (Å²) < 4.78 is 0. The van der Waals surface area contributed by atoms with E-state index in [-0.39, 0.29) is 0 Å². The lowest BCUT2D eigenvalue weighted by Crippen LogP contribution is -2.61. The van der Waals surface area contributed by atoms with Crippen molar-refractivity contribution in [2.24, 2.45) is 5.41 Å². The van der Waals surface area contributed by atoms with Gasteiger partial charge in [0.05, 0.1) is 5.60 Å². The summed E-state index contributed by atoms with van der Waals surface area (Å²) in [6.45, 7) is 11.3. The molecule has 2 heteroatoms. The number of aliphatic hydroxyl groups is 1. The van der Waals surface area contributed by atoms with Crippen LogP contribution in [0.4, 0.5) is 0 Å². The number of rotatable bonds is 1. The van der Waals surface area contributed by atoms with Gasteiger partial charge >= 0.3 is 0 Å². The maximum Gasteiger partial charge on any atom is 0.0872 e. The Kier molecular flexibility index (Phi) is 2.01. The highest BCUT2D eigenvalue weighted by molar-refractivity contribution is 4.92. The molecule has 1 N–H and O–H groups in total. The second-order valence-corrected chi connectivity index (χ2v) is 5.20. The van der Waals surface area contributed by atoms with E-state index < -0.39 is 5.60 Å². The average molecular weight is 157 g/mol. The van der Waals surface area contributed by atoms with Crippen LogP contribution in [0.3, 0.4) is 0 Å². The maximum absolute atomic E-state index is 9.44. The largest absolute Gasteiger partial charge is 0.388 e. The van der Waals surface area contributed by atoms with Crippen LogP contribution in [-0.4, -0.2) is 35.2 Å². The van der Waals surface area contributed by atoms with Crippen molar-refractivity contribution in [2.45, 2.75) is 33.3 Å². The zero-order chi connectivity index (χ0) is 8.70. The Morgan fingerprint density at radius 2 is 1.82 bits per heavy atom. The fraction of sp³-hybridized carbons (Fsp3) is 1.00. The standard InChI is InChI=1S/C9H19NO/c1-8(2,3)5-10-6-9(4,11)7-10/h11H,5-7H2,1-4H3. The molecule has 1 saturated heterocycles. The fourth-order valence-corrected chi connectivity index (χ4v) is 1.70. The van der Waals surface area contributed by atoms with Gasteiger partial charge in [0.15, 0.2) is 0 Å². The summed E-state index contributed by atoms with van der Waals surface area (Å²) in [5.41, 5.74) is -0.0538. The molecule has 0 spiro atoms. The molecular formula is C9H19NO. The van der Waals surface area contributed by atoms with Gasteiger partial charge in [-0.2, -0.15) is 0 Å². The molecule has 0 radical (unpaired) electrons. The molecule has 1 aliphatic rings. The lowest BCUT2D eigenvalue weighted by atomic mass is 9.90. The molecule has 2 nitrogen and oxygen atoms in total. The van der Waals surface area contributed by atoms with E-state index >= 15 is 0 Å². The van der Waals surface area contributed by atoms with Crippen LogP contribution >= 0.6 is 0 Å². The highest BCUT2D eigenvalue weighted by Gasteiger charge is 2.37. The van der Waals surface area contributed by atoms with Crippen LogP contribution in [0.25, 0.3) is 0 Å². The summed E-state index contributed by atoms with van der Waals surface area (Å²) in [6, 6.07) is 0. The van der Waals surface area contributed by atoms with Gasteiger partial charge in [0.25, 0.3) is 0 Å². The molecule has 0 atom stereocenters. The van der Waals surface area contributed by atoms with E-state index in [2.05, 4.69) is 25.7 Å². The quantitative estimate of drug-likeness (QED) is 0.616. The lowest BCUT2D eigenvalue weighted by Gasteiger charge is -2.46. The molecule has 0 bridgehead atoms. The van der Waals surface area contributed by atoms with Crippen LogP contribution in [0.2, 0.25) is 0 Å². The second-order valence-electron chi connectivity index (χ2n) is 5.20. The van der Waals surface area contributed by atoms with Crippen molar-refractivity contribution < 1.29 is 5.11 Å². The number of hydrogen-bond donors (Lipinski definition) is 1. The predicted molar refractivity (Wildman–Crippen MR) is 46.5 cm³/mol. The Hall–Kier alpha value is -0.0800. The third-order valence-corrected chi connectivity index (χ3v) is 1.83. The van der Waals surface area contributed by atoms with Crippen LogP contribution < -0.4 is 0 Å². The molecule has 1 heterocycles. The molecule has 0 amide bonds. The van der Waals surface area contributed by atoms with Crippen molar-refractivity contribution in [2.75, 3.05) is 19.6 Å². The van der Waals surface area contributed by atoms with Crippen molar-refractivity contribution in [1.29, 1.82) is 0 Å². The summed E-state index contributed by atoms with van der Waals surface area (Å²) in [5.74, 6) is 0. The molecule has 0 aromatic carbocycles. The molecule has 0 unspecified atom stereocenters. The molecule has 0 aromatic rings. The highest BCUT2D eigenvalue weighted by Crippen LogP contribution is 2.24. The Morgan fingerprint density at radius 1 is 1.36 bits per heavy atom. The fourth-order valence-electron chi connectivity index (χ4n) is 1.70. The van der Waals surface area contributed by atoms with Gasteiger partial charge in [-0.15, -0.1) is 0 Å². The van der Waals surface area contributed by atoms with Crippen molar-refractivity contribution in [3.8, 4) is 0 Å². The molecule has 0 aromatic heterocycles. The van der Waals surface area contributed by atoms with Crippen molar-refractivity contribution in [3.05, 3.63) is 0 Å². The van der Waals surface area contributed by atoms with Gasteiger partial charge in [0, 0.05) is 19.6 Å². The number of hydrogen-bond acceptors (Lipinski definition) is 2. The average Bonchev–Trinajstić information content (AvgIpc) is 1.53. The minimum absolute atomic E-state index is 0.358. The summed E-state index contributed by atoms with van der Waals surface area (Å²) >= 11 is 0. The second kappa shape index (κ2) is 2.46. The Morgan fingerprint density at radius 3 is 2.09 bits per heavy atom. The zero-order valence-electron chi connectivity index (χ0n) is 8.02. The van der Waals surface area contributed by atoms with E-state index in [1.807, 2.05) is 6.92 Å². The van der Waals surface area contributed by atoms with Gasteiger partial charge in [-0.05, 0) is 12.3 Å². The van der Waals surface area contributed by atoms with E-state index in [9.17, 15) is 5.11 Å². The molecule has 1 fully saturated rings. The van der Waals surface area contributed by atoms with Gasteiger partial charge in [-0.25, -0.2) is 0 Å². The molecule has 0 saturated carbocycles. The molecule has 1 rings (SSSR count). The summed E-state index contributed by atoms with van der Waals surface area (Å²) in [7, 11) is 0. The Labute approximate surface area is 69.2 Å². The van der Waals surface area contributed by atoms with Gasteiger partial charge in [0.1, 0.15) is 0 Å². The minimum atomic E-state index is -0.411. The first-order valence-electron chi connectivity index (χ1n) is 4.23. The maximum atomic E-state index is 9.44. The summed E-state index contributed by atoms with van der Waals surface area (Å²) in [6.07, 6.45) is 0. The van der Waals surface area contributed by atoms with Crippen LogP contribution in [0.1, 0.15) is 27.7 Å². The normalized spacial score (nSPS) is 24.8. The highest BCUT2D eigenvalue weighted by atomic mass is 16.3. The van der Waals surface area contributed by atoms with Crippen LogP contribution in [-0.2, 0) is 0 Å². The first-order valence-corrected chi connectivity index (χ1v) is 4.23. The van der Waals surface area contributed by atoms with E-state index in [1.165, 1.54) is 0 Å². The van der Waals surface area contributed by atoms with Crippen molar-refractivity contribution >= 4 is 0 Å².